The van der Waals surface area contributed by atoms with Crippen LogP contribution in [0.5, 0.6) is 0 Å². The molecule has 3 aromatic rings. The van der Waals surface area contributed by atoms with Crippen LogP contribution in [0, 0.1) is 18.3 Å². The highest BCUT2D eigenvalue weighted by Crippen LogP contribution is 2.22. The maximum absolute atomic E-state index is 9.76. The Morgan fingerprint density at radius 2 is 1.79 bits per heavy atom. The minimum atomic E-state index is 0.154. The summed E-state index contributed by atoms with van der Waals surface area (Å²) in [5.74, 6) is 1.06. The van der Waals surface area contributed by atoms with Crippen LogP contribution in [0.25, 0.3) is 5.69 Å². The number of nitrogens with zero attached hydrogens (tertiary/aromatic N) is 6. The summed E-state index contributed by atoms with van der Waals surface area (Å²) in [5, 5.41) is 22.7. The van der Waals surface area contributed by atoms with E-state index < -0.39 is 0 Å². The van der Waals surface area contributed by atoms with Crippen molar-refractivity contribution in [3.05, 3.63) is 66.0 Å². The first-order valence-electron chi connectivity index (χ1n) is 9.40. The quantitative estimate of drug-likeness (QED) is 0.535. The number of hydrogen-bond acceptors (Lipinski definition) is 7. The van der Waals surface area contributed by atoms with Gasteiger partial charge in [0.2, 0.25) is 17.5 Å². The molecule has 8 heteroatoms. The molecule has 0 unspecified atom stereocenters. The zero-order chi connectivity index (χ0) is 20.1. The summed E-state index contributed by atoms with van der Waals surface area (Å²) in [6.45, 7) is 4.71. The van der Waals surface area contributed by atoms with Crippen molar-refractivity contribution < 1.29 is 4.74 Å². The third-order valence-corrected chi connectivity index (χ3v) is 4.62. The lowest BCUT2D eigenvalue weighted by Gasteiger charge is -2.27. The predicted molar refractivity (Wildman–Crippen MR) is 111 cm³/mol. The van der Waals surface area contributed by atoms with Gasteiger partial charge in [0.1, 0.15) is 6.07 Å². The summed E-state index contributed by atoms with van der Waals surface area (Å²) < 4.78 is 7.32. The summed E-state index contributed by atoms with van der Waals surface area (Å²) in [4.78, 5) is 2.11. The van der Waals surface area contributed by atoms with Crippen molar-refractivity contribution in [1.82, 2.24) is 14.8 Å². The molecule has 2 heterocycles. The van der Waals surface area contributed by atoms with Gasteiger partial charge in [-0.3, -0.25) is 9.99 Å². The number of ether oxygens (including phenoxy) is 1. The van der Waals surface area contributed by atoms with Gasteiger partial charge in [0.25, 0.3) is 0 Å². The molecule has 0 atom stereocenters. The fourth-order valence-corrected chi connectivity index (χ4v) is 3.09. The molecular weight excluding hydrogens is 366 g/mol. The standard InChI is InChI=1S/C21H21N7O/c1-16-7-9-17(10-8-16)23-24-19(15-22)20-25-26-21(27-11-13-29-14-12-27)28(20)18-5-3-2-4-6-18/h2-10,23H,11-14H2,1H3/b24-19-. The van der Waals surface area contributed by atoms with Gasteiger partial charge in [-0.1, -0.05) is 35.9 Å². The summed E-state index contributed by atoms with van der Waals surface area (Å²) >= 11 is 0. The molecule has 0 spiro atoms. The van der Waals surface area contributed by atoms with E-state index in [0.717, 1.165) is 16.9 Å². The predicted octanol–water partition coefficient (Wildman–Crippen LogP) is 2.75. The average Bonchev–Trinajstić information content (AvgIpc) is 3.22. The molecule has 1 fully saturated rings. The Labute approximate surface area is 169 Å². The molecule has 1 saturated heterocycles. The van der Waals surface area contributed by atoms with Crippen LogP contribution in [0.15, 0.2) is 59.7 Å². The second-order valence-corrected chi connectivity index (χ2v) is 6.64. The minimum Gasteiger partial charge on any atom is -0.378 e. The number of nitriles is 1. The fraction of sp³-hybridized carbons (Fsp3) is 0.238. The van der Waals surface area contributed by atoms with Gasteiger partial charge in [-0.05, 0) is 31.2 Å². The van der Waals surface area contributed by atoms with E-state index in [9.17, 15) is 5.26 Å². The Kier molecular flexibility index (Phi) is 5.49. The number of para-hydroxylation sites is 1. The number of hydrazone groups is 1. The molecule has 146 valence electrons. The Morgan fingerprint density at radius 1 is 1.07 bits per heavy atom. The van der Waals surface area contributed by atoms with Crippen LogP contribution in [-0.2, 0) is 4.74 Å². The van der Waals surface area contributed by atoms with Crippen LogP contribution in [0.4, 0.5) is 11.6 Å². The van der Waals surface area contributed by atoms with E-state index in [2.05, 4.69) is 31.7 Å². The minimum absolute atomic E-state index is 0.154. The van der Waals surface area contributed by atoms with Crippen LogP contribution in [0.2, 0.25) is 0 Å². The zero-order valence-electron chi connectivity index (χ0n) is 16.1. The van der Waals surface area contributed by atoms with Crippen molar-refractivity contribution >= 4 is 17.3 Å². The van der Waals surface area contributed by atoms with Crippen molar-refractivity contribution in [3.8, 4) is 11.8 Å². The molecule has 0 radical (unpaired) electrons. The van der Waals surface area contributed by atoms with Crippen molar-refractivity contribution in [2.75, 3.05) is 36.6 Å². The van der Waals surface area contributed by atoms with Gasteiger partial charge in [0, 0.05) is 13.1 Å². The van der Waals surface area contributed by atoms with Gasteiger partial charge in [-0.25, -0.2) is 0 Å². The maximum atomic E-state index is 9.76. The number of aryl methyl sites for hydroxylation is 1. The second-order valence-electron chi connectivity index (χ2n) is 6.64. The highest BCUT2D eigenvalue weighted by atomic mass is 16.5. The number of rotatable bonds is 5. The number of anilines is 2. The summed E-state index contributed by atoms with van der Waals surface area (Å²) in [5.41, 5.74) is 5.91. The zero-order valence-corrected chi connectivity index (χ0v) is 16.1. The third kappa shape index (κ3) is 4.10. The molecule has 1 N–H and O–H groups in total. The van der Waals surface area contributed by atoms with Gasteiger partial charge < -0.3 is 9.64 Å². The number of aromatic nitrogens is 3. The van der Waals surface area contributed by atoms with E-state index in [4.69, 9.17) is 4.74 Å². The monoisotopic (exact) mass is 387 g/mol. The molecule has 29 heavy (non-hydrogen) atoms. The van der Waals surface area contributed by atoms with Crippen LogP contribution >= 0.6 is 0 Å². The number of benzene rings is 2. The fourth-order valence-electron chi connectivity index (χ4n) is 3.09. The largest absolute Gasteiger partial charge is 0.378 e. The lowest BCUT2D eigenvalue weighted by molar-refractivity contribution is 0.122. The Hall–Kier alpha value is -3.70. The lowest BCUT2D eigenvalue weighted by Crippen LogP contribution is -2.38. The molecule has 0 bridgehead atoms. The first kappa shape index (κ1) is 18.7. The Morgan fingerprint density at radius 3 is 2.48 bits per heavy atom. The molecule has 0 amide bonds. The van der Waals surface area contributed by atoms with Crippen LogP contribution in [0.3, 0.4) is 0 Å². The number of hydrogen-bond donors (Lipinski definition) is 1. The summed E-state index contributed by atoms with van der Waals surface area (Å²) in [6, 6.07) is 19.7. The highest BCUT2D eigenvalue weighted by molar-refractivity contribution is 6.10. The van der Waals surface area contributed by atoms with Gasteiger partial charge in [0.05, 0.1) is 24.6 Å². The van der Waals surface area contributed by atoms with Crippen LogP contribution < -0.4 is 10.3 Å². The Bertz CT molecular complexity index is 1030. The van der Waals surface area contributed by atoms with Gasteiger partial charge in [-0.15, -0.1) is 10.2 Å². The molecule has 1 aliphatic heterocycles. The normalized spacial score (nSPS) is 14.5. The van der Waals surface area contributed by atoms with E-state index >= 15 is 0 Å². The van der Waals surface area contributed by atoms with E-state index in [1.165, 1.54) is 0 Å². The van der Waals surface area contributed by atoms with Gasteiger partial charge in [0.15, 0.2) is 0 Å². The van der Waals surface area contributed by atoms with Gasteiger partial charge in [-0.2, -0.15) is 10.4 Å². The molecule has 1 aliphatic rings. The van der Waals surface area contributed by atoms with E-state index in [1.54, 1.807) is 0 Å². The molecule has 0 saturated carbocycles. The molecule has 4 rings (SSSR count). The van der Waals surface area contributed by atoms with Crippen molar-refractivity contribution in [3.63, 3.8) is 0 Å². The molecular formula is C21H21N7O. The third-order valence-electron chi connectivity index (χ3n) is 4.62. The number of morpholine rings is 1. The highest BCUT2D eigenvalue weighted by Gasteiger charge is 2.24. The van der Waals surface area contributed by atoms with Crippen molar-refractivity contribution in [2.24, 2.45) is 5.10 Å². The molecule has 1 aromatic heterocycles. The van der Waals surface area contributed by atoms with Crippen LogP contribution in [-0.4, -0.2) is 46.8 Å². The van der Waals surface area contributed by atoms with E-state index in [1.807, 2.05) is 66.1 Å². The Balaban J connectivity index is 1.73. The average molecular weight is 387 g/mol. The summed E-state index contributed by atoms with van der Waals surface area (Å²) in [7, 11) is 0. The van der Waals surface area contributed by atoms with E-state index in [0.29, 0.717) is 38.1 Å². The summed E-state index contributed by atoms with van der Waals surface area (Å²) in [6.07, 6.45) is 0. The first-order valence-corrected chi connectivity index (χ1v) is 9.40. The molecule has 8 nitrogen and oxygen atoms in total. The second kappa shape index (κ2) is 8.54. The van der Waals surface area contributed by atoms with Crippen molar-refractivity contribution in [1.29, 1.82) is 5.26 Å². The van der Waals surface area contributed by atoms with Crippen molar-refractivity contribution in [2.45, 2.75) is 6.92 Å². The first-order chi connectivity index (χ1) is 14.3. The number of nitrogens with one attached hydrogen (secondary N) is 1. The SMILES string of the molecule is Cc1ccc(N/N=C(/C#N)c2nnc(N3CCOCC3)n2-c2ccccc2)cc1. The smallest absolute Gasteiger partial charge is 0.232 e. The maximum Gasteiger partial charge on any atom is 0.232 e. The molecule has 0 aliphatic carbocycles. The topological polar surface area (TPSA) is 91.4 Å². The molecule has 2 aromatic carbocycles. The van der Waals surface area contributed by atoms with E-state index in [-0.39, 0.29) is 5.71 Å². The van der Waals surface area contributed by atoms with Crippen LogP contribution in [0.1, 0.15) is 11.4 Å². The van der Waals surface area contributed by atoms with Gasteiger partial charge >= 0.3 is 0 Å². The lowest BCUT2D eigenvalue weighted by atomic mass is 10.2.